The molecule has 0 saturated carbocycles. The number of hydrogen-bond donors (Lipinski definition) is 2. The summed E-state index contributed by atoms with van der Waals surface area (Å²) in [5.74, 6) is -0.140. The van der Waals surface area contributed by atoms with Crippen LogP contribution in [0.25, 0.3) is 0 Å². The van der Waals surface area contributed by atoms with E-state index in [-0.39, 0.29) is 28.3 Å². The molecule has 0 spiro atoms. The summed E-state index contributed by atoms with van der Waals surface area (Å²) in [6.07, 6.45) is 0. The number of rotatable bonds is 7. The second kappa shape index (κ2) is 9.51. The van der Waals surface area contributed by atoms with Crippen LogP contribution in [0.15, 0.2) is 34.7 Å². The first kappa shape index (κ1) is 20.8. The molecule has 0 bridgehead atoms. The number of benzene rings is 1. The van der Waals surface area contributed by atoms with Gasteiger partial charge in [0.05, 0.1) is 21.5 Å². The highest BCUT2D eigenvalue weighted by atomic mass is 35.5. The van der Waals surface area contributed by atoms with Crippen molar-refractivity contribution in [3.63, 3.8) is 0 Å². The Labute approximate surface area is 178 Å². The molecule has 2 N–H and O–H groups in total. The van der Waals surface area contributed by atoms with Crippen molar-refractivity contribution in [2.45, 2.75) is 17.8 Å². The quantitative estimate of drug-likeness (QED) is 0.484. The number of pyridine rings is 1. The lowest BCUT2D eigenvalue weighted by Crippen LogP contribution is -2.15. The van der Waals surface area contributed by atoms with Gasteiger partial charge in [0.25, 0.3) is 0 Å². The first-order valence-corrected chi connectivity index (χ1v) is 10.5. The summed E-state index contributed by atoms with van der Waals surface area (Å²) < 4.78 is 13.5. The fourth-order valence-corrected chi connectivity index (χ4v) is 4.01. The fraction of sp³-hybridized carbons (Fsp3) is 0.176. The molecule has 0 aliphatic heterocycles. The van der Waals surface area contributed by atoms with E-state index in [1.165, 1.54) is 41.3 Å². The van der Waals surface area contributed by atoms with Crippen LogP contribution >= 0.6 is 46.3 Å². The van der Waals surface area contributed by atoms with E-state index in [2.05, 4.69) is 25.8 Å². The summed E-state index contributed by atoms with van der Waals surface area (Å²) in [6.45, 7) is 2.23. The number of nitrogens with zero attached hydrogens (tertiary/aromatic N) is 3. The maximum Gasteiger partial charge on any atom is 0.236 e. The SMILES string of the molecule is Cc1nc(NC(=O)CSc2nnc(NCc3ccc(F)cc3)s2)c(Cl)cc1Cl. The third-order valence-electron chi connectivity index (χ3n) is 3.45. The minimum atomic E-state index is -0.276. The molecule has 2 aromatic heterocycles. The van der Waals surface area contributed by atoms with Gasteiger partial charge in [-0.15, -0.1) is 10.2 Å². The third kappa shape index (κ3) is 5.78. The predicted molar refractivity (Wildman–Crippen MR) is 112 cm³/mol. The molecule has 11 heteroatoms. The Morgan fingerprint density at radius 2 is 1.96 bits per heavy atom. The summed E-state index contributed by atoms with van der Waals surface area (Å²) in [5.41, 5.74) is 1.50. The molecule has 3 rings (SSSR count). The average molecular weight is 458 g/mol. The van der Waals surface area contributed by atoms with Crippen molar-refractivity contribution >= 4 is 63.2 Å². The van der Waals surface area contributed by atoms with Gasteiger partial charge in [-0.3, -0.25) is 4.79 Å². The van der Waals surface area contributed by atoms with Gasteiger partial charge in [-0.2, -0.15) is 0 Å². The summed E-state index contributed by atoms with van der Waals surface area (Å²) in [6, 6.07) is 7.74. The maximum atomic E-state index is 12.9. The lowest BCUT2D eigenvalue weighted by Gasteiger charge is -2.07. The van der Waals surface area contributed by atoms with Crippen LogP contribution in [0.3, 0.4) is 0 Å². The Bertz CT molecular complexity index is 984. The van der Waals surface area contributed by atoms with Crippen LogP contribution < -0.4 is 10.6 Å². The minimum Gasteiger partial charge on any atom is -0.356 e. The van der Waals surface area contributed by atoms with Gasteiger partial charge in [-0.1, -0.05) is 58.4 Å². The van der Waals surface area contributed by atoms with Gasteiger partial charge in [0, 0.05) is 6.54 Å². The number of aromatic nitrogens is 3. The molecular formula is C17H14Cl2FN5OS2. The zero-order valence-electron chi connectivity index (χ0n) is 14.5. The molecule has 0 saturated heterocycles. The van der Waals surface area contributed by atoms with Gasteiger partial charge in [0.2, 0.25) is 11.0 Å². The van der Waals surface area contributed by atoms with Crippen molar-refractivity contribution in [3.05, 3.63) is 57.5 Å². The fourth-order valence-electron chi connectivity index (χ4n) is 2.06. The molecule has 3 aromatic rings. The third-order valence-corrected chi connectivity index (χ3v) is 6.14. The van der Waals surface area contributed by atoms with Gasteiger partial charge in [0.15, 0.2) is 10.2 Å². The van der Waals surface area contributed by atoms with E-state index in [0.717, 1.165) is 5.56 Å². The lowest BCUT2D eigenvalue weighted by atomic mass is 10.2. The second-order valence-electron chi connectivity index (χ2n) is 5.58. The second-order valence-corrected chi connectivity index (χ2v) is 8.59. The van der Waals surface area contributed by atoms with Gasteiger partial charge in [-0.25, -0.2) is 9.37 Å². The molecule has 6 nitrogen and oxygen atoms in total. The number of nitrogens with one attached hydrogen (secondary N) is 2. The number of thioether (sulfide) groups is 1. The largest absolute Gasteiger partial charge is 0.356 e. The molecule has 0 atom stereocenters. The molecule has 1 amide bonds. The predicted octanol–water partition coefficient (Wildman–Crippen LogP) is 5.03. The van der Waals surface area contributed by atoms with E-state index in [1.807, 2.05) is 0 Å². The Morgan fingerprint density at radius 3 is 2.71 bits per heavy atom. The molecule has 1 aromatic carbocycles. The van der Waals surface area contributed by atoms with Crippen LogP contribution in [0.5, 0.6) is 0 Å². The van der Waals surface area contributed by atoms with Crippen molar-refractivity contribution in [3.8, 4) is 0 Å². The van der Waals surface area contributed by atoms with Crippen LogP contribution in [0.4, 0.5) is 15.3 Å². The summed E-state index contributed by atoms with van der Waals surface area (Å²) in [4.78, 5) is 16.3. The molecule has 2 heterocycles. The summed E-state index contributed by atoms with van der Waals surface area (Å²) in [5, 5.41) is 15.2. The van der Waals surface area contributed by atoms with Crippen LogP contribution in [-0.2, 0) is 11.3 Å². The van der Waals surface area contributed by atoms with Crippen LogP contribution in [0.2, 0.25) is 10.0 Å². The van der Waals surface area contributed by atoms with E-state index in [9.17, 15) is 9.18 Å². The maximum absolute atomic E-state index is 12.9. The van der Waals surface area contributed by atoms with E-state index >= 15 is 0 Å². The van der Waals surface area contributed by atoms with Crippen LogP contribution in [0, 0.1) is 12.7 Å². The number of anilines is 2. The van der Waals surface area contributed by atoms with Crippen molar-refractivity contribution in [1.82, 2.24) is 15.2 Å². The van der Waals surface area contributed by atoms with E-state index in [0.29, 0.717) is 26.7 Å². The Balaban J connectivity index is 1.49. The lowest BCUT2D eigenvalue weighted by molar-refractivity contribution is -0.113. The number of halogens is 3. The number of carbonyl (C=O) groups excluding carboxylic acids is 1. The molecule has 0 radical (unpaired) electrons. The standard InChI is InChI=1S/C17H14Cl2FN5OS2/c1-9-12(18)6-13(19)15(22-9)23-14(26)8-27-17-25-24-16(28-17)21-7-10-2-4-11(20)5-3-10/h2-6H,7-8H2,1H3,(H,21,24)(H,22,23,26). The van der Waals surface area contributed by atoms with Gasteiger partial charge in [0.1, 0.15) is 5.82 Å². The van der Waals surface area contributed by atoms with E-state index in [1.54, 1.807) is 19.1 Å². The smallest absolute Gasteiger partial charge is 0.236 e. The first-order chi connectivity index (χ1) is 13.4. The zero-order chi connectivity index (χ0) is 20.1. The molecule has 0 aliphatic rings. The molecular weight excluding hydrogens is 444 g/mol. The number of aryl methyl sites for hydroxylation is 1. The van der Waals surface area contributed by atoms with E-state index < -0.39 is 0 Å². The molecule has 0 aliphatic carbocycles. The molecule has 0 unspecified atom stereocenters. The van der Waals surface area contributed by atoms with E-state index in [4.69, 9.17) is 23.2 Å². The Morgan fingerprint density at radius 1 is 1.21 bits per heavy atom. The van der Waals surface area contributed by atoms with Gasteiger partial charge >= 0.3 is 0 Å². The Hall–Kier alpha value is -1.94. The normalized spacial score (nSPS) is 10.7. The van der Waals surface area contributed by atoms with Gasteiger partial charge < -0.3 is 10.6 Å². The first-order valence-electron chi connectivity index (χ1n) is 7.98. The minimum absolute atomic E-state index is 0.131. The Kier molecular flexibility index (Phi) is 7.06. The highest BCUT2D eigenvalue weighted by molar-refractivity contribution is 8.01. The molecule has 28 heavy (non-hydrogen) atoms. The monoisotopic (exact) mass is 457 g/mol. The molecule has 0 fully saturated rings. The number of hydrogen-bond acceptors (Lipinski definition) is 7. The van der Waals surface area contributed by atoms with Crippen molar-refractivity contribution in [2.75, 3.05) is 16.4 Å². The van der Waals surface area contributed by atoms with Gasteiger partial charge in [-0.05, 0) is 30.7 Å². The zero-order valence-corrected chi connectivity index (χ0v) is 17.6. The van der Waals surface area contributed by atoms with Crippen LogP contribution in [-0.4, -0.2) is 26.8 Å². The highest BCUT2D eigenvalue weighted by Gasteiger charge is 2.12. The van der Waals surface area contributed by atoms with Crippen molar-refractivity contribution in [1.29, 1.82) is 0 Å². The van der Waals surface area contributed by atoms with Crippen molar-refractivity contribution < 1.29 is 9.18 Å². The topological polar surface area (TPSA) is 79.8 Å². The highest BCUT2D eigenvalue weighted by Crippen LogP contribution is 2.28. The summed E-state index contributed by atoms with van der Waals surface area (Å²) >= 11 is 14.6. The number of carbonyl (C=O) groups is 1. The van der Waals surface area contributed by atoms with Crippen LogP contribution in [0.1, 0.15) is 11.3 Å². The van der Waals surface area contributed by atoms with Crippen molar-refractivity contribution in [2.24, 2.45) is 0 Å². The average Bonchev–Trinajstić information content (AvgIpc) is 3.12. The molecule has 146 valence electrons. The number of amides is 1. The summed E-state index contributed by atoms with van der Waals surface area (Å²) in [7, 11) is 0.